The Labute approximate surface area is 62.2 Å². The third-order valence-electron chi connectivity index (χ3n) is 1.81. The molecule has 3 N–H and O–H groups in total. The molecule has 62 valence electrons. The molecule has 0 aromatic carbocycles. The van der Waals surface area contributed by atoms with Gasteiger partial charge >= 0.3 is 0 Å². The first kappa shape index (κ1) is 9.88. The molecule has 1 unspecified atom stereocenters. The second kappa shape index (κ2) is 4.66. The molecule has 3 nitrogen and oxygen atoms in total. The number of ether oxygens (including phenoxy) is 1. The van der Waals surface area contributed by atoms with Crippen molar-refractivity contribution in [3.05, 3.63) is 0 Å². The standard InChI is InChI=1S/C7H17NO2/c1-3-7(9,6-8)4-5-10-2/h9H,3-6,8H2,1-2H3. The molecule has 0 aromatic heterocycles. The number of rotatable bonds is 5. The fraction of sp³-hybridized carbons (Fsp3) is 1.00. The highest BCUT2D eigenvalue weighted by Gasteiger charge is 2.21. The van der Waals surface area contributed by atoms with Crippen LogP contribution in [-0.2, 0) is 4.74 Å². The van der Waals surface area contributed by atoms with Gasteiger partial charge in [-0.15, -0.1) is 0 Å². The lowest BCUT2D eigenvalue weighted by Gasteiger charge is -2.23. The molecule has 10 heavy (non-hydrogen) atoms. The van der Waals surface area contributed by atoms with Crippen LogP contribution in [-0.4, -0.2) is 31.0 Å². The third kappa shape index (κ3) is 3.15. The van der Waals surface area contributed by atoms with Crippen molar-refractivity contribution in [2.45, 2.75) is 25.4 Å². The van der Waals surface area contributed by atoms with E-state index in [0.29, 0.717) is 26.0 Å². The Morgan fingerprint density at radius 1 is 1.60 bits per heavy atom. The highest BCUT2D eigenvalue weighted by atomic mass is 16.5. The summed E-state index contributed by atoms with van der Waals surface area (Å²) in [6.07, 6.45) is 1.31. The first-order valence-corrected chi connectivity index (χ1v) is 3.60. The van der Waals surface area contributed by atoms with Gasteiger partial charge in [0.25, 0.3) is 0 Å². The van der Waals surface area contributed by atoms with Crippen LogP contribution in [0, 0.1) is 0 Å². The van der Waals surface area contributed by atoms with Gasteiger partial charge in [-0.05, 0) is 6.42 Å². The molecule has 1 atom stereocenters. The van der Waals surface area contributed by atoms with E-state index in [-0.39, 0.29) is 0 Å². The molecule has 0 bridgehead atoms. The predicted octanol–water partition coefficient (Wildman–Crippen LogP) is 0.123. The Balaban J connectivity index is 3.58. The molecule has 0 saturated heterocycles. The van der Waals surface area contributed by atoms with Crippen molar-refractivity contribution < 1.29 is 9.84 Å². The zero-order valence-corrected chi connectivity index (χ0v) is 6.76. The summed E-state index contributed by atoms with van der Waals surface area (Å²) in [4.78, 5) is 0. The minimum atomic E-state index is -0.712. The lowest BCUT2D eigenvalue weighted by atomic mass is 9.97. The largest absolute Gasteiger partial charge is 0.388 e. The Morgan fingerprint density at radius 3 is 2.50 bits per heavy atom. The van der Waals surface area contributed by atoms with Crippen molar-refractivity contribution in [3.8, 4) is 0 Å². The van der Waals surface area contributed by atoms with Crippen LogP contribution in [0.2, 0.25) is 0 Å². The van der Waals surface area contributed by atoms with Crippen molar-refractivity contribution >= 4 is 0 Å². The number of aliphatic hydroxyl groups is 1. The number of methoxy groups -OCH3 is 1. The molecule has 0 rings (SSSR count). The van der Waals surface area contributed by atoms with Crippen molar-refractivity contribution in [1.82, 2.24) is 0 Å². The van der Waals surface area contributed by atoms with Gasteiger partial charge in [0.05, 0.1) is 5.60 Å². The second-order valence-electron chi connectivity index (χ2n) is 2.52. The molecule has 0 aliphatic rings. The van der Waals surface area contributed by atoms with E-state index in [1.54, 1.807) is 7.11 Å². The smallest absolute Gasteiger partial charge is 0.0788 e. The minimum absolute atomic E-state index is 0.312. The van der Waals surface area contributed by atoms with Crippen LogP contribution in [0.1, 0.15) is 19.8 Å². The summed E-state index contributed by atoms with van der Waals surface area (Å²) in [5.41, 5.74) is 4.64. The number of nitrogens with two attached hydrogens (primary N) is 1. The molecule has 0 saturated carbocycles. The zero-order valence-electron chi connectivity index (χ0n) is 6.76. The quantitative estimate of drug-likeness (QED) is 0.581. The van der Waals surface area contributed by atoms with Crippen LogP contribution < -0.4 is 5.73 Å². The van der Waals surface area contributed by atoms with Crippen molar-refractivity contribution in [2.75, 3.05) is 20.3 Å². The molecular weight excluding hydrogens is 130 g/mol. The minimum Gasteiger partial charge on any atom is -0.388 e. The van der Waals surface area contributed by atoms with Crippen LogP contribution >= 0.6 is 0 Å². The monoisotopic (exact) mass is 147 g/mol. The molecule has 0 fully saturated rings. The Kier molecular flexibility index (Phi) is 4.60. The number of hydrogen-bond acceptors (Lipinski definition) is 3. The average Bonchev–Trinajstić information content (AvgIpc) is 2.00. The van der Waals surface area contributed by atoms with E-state index in [4.69, 9.17) is 10.5 Å². The molecule has 0 amide bonds. The molecular formula is C7H17NO2. The Bertz CT molecular complexity index is 81.7. The second-order valence-corrected chi connectivity index (χ2v) is 2.52. The summed E-state index contributed by atoms with van der Waals surface area (Å²) in [5, 5.41) is 9.55. The fourth-order valence-electron chi connectivity index (χ4n) is 0.715. The van der Waals surface area contributed by atoms with Gasteiger partial charge in [-0.2, -0.15) is 0 Å². The van der Waals surface area contributed by atoms with Crippen LogP contribution in [0.3, 0.4) is 0 Å². The van der Waals surface area contributed by atoms with Crippen molar-refractivity contribution in [3.63, 3.8) is 0 Å². The molecule has 0 heterocycles. The van der Waals surface area contributed by atoms with Crippen LogP contribution in [0.25, 0.3) is 0 Å². The van der Waals surface area contributed by atoms with Gasteiger partial charge < -0.3 is 15.6 Å². The van der Waals surface area contributed by atoms with Gasteiger partial charge in [-0.3, -0.25) is 0 Å². The van der Waals surface area contributed by atoms with Gasteiger partial charge in [0.15, 0.2) is 0 Å². The normalized spacial score (nSPS) is 16.8. The van der Waals surface area contributed by atoms with Crippen LogP contribution in [0.15, 0.2) is 0 Å². The van der Waals surface area contributed by atoms with E-state index in [0.717, 1.165) is 0 Å². The third-order valence-corrected chi connectivity index (χ3v) is 1.81. The maximum Gasteiger partial charge on any atom is 0.0788 e. The van der Waals surface area contributed by atoms with Crippen molar-refractivity contribution in [2.24, 2.45) is 5.73 Å². The summed E-state index contributed by atoms with van der Waals surface area (Å²) in [5.74, 6) is 0. The highest BCUT2D eigenvalue weighted by molar-refractivity contribution is 4.76. The molecule has 0 spiro atoms. The summed E-state index contributed by atoms with van der Waals surface area (Å²) in [6, 6.07) is 0. The summed E-state index contributed by atoms with van der Waals surface area (Å²) in [6.45, 7) is 2.80. The number of hydrogen-bond donors (Lipinski definition) is 2. The molecule has 0 aliphatic carbocycles. The molecule has 3 heteroatoms. The van der Waals surface area contributed by atoms with Gasteiger partial charge in [-0.1, -0.05) is 6.92 Å². The zero-order chi connectivity index (χ0) is 8.04. The predicted molar refractivity (Wildman–Crippen MR) is 40.8 cm³/mol. The van der Waals surface area contributed by atoms with E-state index in [2.05, 4.69) is 0 Å². The Morgan fingerprint density at radius 2 is 2.20 bits per heavy atom. The lowest BCUT2D eigenvalue weighted by molar-refractivity contribution is 0.0127. The Hall–Kier alpha value is -0.120. The highest BCUT2D eigenvalue weighted by Crippen LogP contribution is 2.12. The van der Waals surface area contributed by atoms with Gasteiger partial charge in [0.2, 0.25) is 0 Å². The summed E-state index contributed by atoms with van der Waals surface area (Å²) in [7, 11) is 1.62. The summed E-state index contributed by atoms with van der Waals surface area (Å²) >= 11 is 0. The maximum absolute atomic E-state index is 9.55. The molecule has 0 aromatic rings. The molecule has 0 aliphatic heterocycles. The molecule has 0 radical (unpaired) electrons. The first-order chi connectivity index (χ1) is 4.68. The lowest BCUT2D eigenvalue weighted by Crippen LogP contribution is -2.37. The topological polar surface area (TPSA) is 55.5 Å². The van der Waals surface area contributed by atoms with E-state index in [9.17, 15) is 5.11 Å². The first-order valence-electron chi connectivity index (χ1n) is 3.60. The fourth-order valence-corrected chi connectivity index (χ4v) is 0.715. The van der Waals surface area contributed by atoms with E-state index in [1.165, 1.54) is 0 Å². The van der Waals surface area contributed by atoms with Crippen LogP contribution in [0.5, 0.6) is 0 Å². The van der Waals surface area contributed by atoms with Gasteiger partial charge in [0, 0.05) is 26.7 Å². The maximum atomic E-state index is 9.55. The van der Waals surface area contributed by atoms with E-state index in [1.807, 2.05) is 6.92 Å². The average molecular weight is 147 g/mol. The van der Waals surface area contributed by atoms with E-state index < -0.39 is 5.60 Å². The van der Waals surface area contributed by atoms with Crippen molar-refractivity contribution in [1.29, 1.82) is 0 Å². The van der Waals surface area contributed by atoms with Crippen LogP contribution in [0.4, 0.5) is 0 Å². The van der Waals surface area contributed by atoms with Gasteiger partial charge in [-0.25, -0.2) is 0 Å². The van der Waals surface area contributed by atoms with E-state index >= 15 is 0 Å². The SMILES string of the molecule is CCC(O)(CN)CCOC. The van der Waals surface area contributed by atoms with Gasteiger partial charge in [0.1, 0.15) is 0 Å². The summed E-state index contributed by atoms with van der Waals surface area (Å²) < 4.78 is 4.83.